The number of hydrogen-bond acceptors (Lipinski definition) is 2. The van der Waals surface area contributed by atoms with Crippen molar-refractivity contribution in [3.8, 4) is 0 Å². The minimum Gasteiger partial charge on any atom is -0.271 e. The number of nitrogens with two attached hydrogens (primary N) is 1. The smallest absolute Gasteiger partial charge is 0.123 e. The zero-order valence-electron chi connectivity index (χ0n) is 10.6. The highest BCUT2D eigenvalue weighted by molar-refractivity contribution is 9.10. The van der Waals surface area contributed by atoms with Crippen molar-refractivity contribution >= 4 is 15.9 Å². The molecule has 1 unspecified atom stereocenters. The summed E-state index contributed by atoms with van der Waals surface area (Å²) in [5.74, 6) is 6.78. The Balaban J connectivity index is 2.19. The summed E-state index contributed by atoms with van der Waals surface area (Å²) >= 11 is 3.49. The standard InChI is InChI=1S/C14H20BrFN2/c1-9-2-4-10(5-3-9)14(18-17)12-8-11(16)6-7-13(12)15/h6-10,14,18H,2-5,17H2,1H3. The first-order chi connectivity index (χ1) is 8.61. The first-order valence-corrected chi connectivity index (χ1v) is 7.32. The van der Waals surface area contributed by atoms with Gasteiger partial charge in [-0.3, -0.25) is 11.3 Å². The van der Waals surface area contributed by atoms with Crippen LogP contribution in [-0.4, -0.2) is 0 Å². The van der Waals surface area contributed by atoms with E-state index in [1.165, 1.54) is 18.9 Å². The van der Waals surface area contributed by atoms with Gasteiger partial charge >= 0.3 is 0 Å². The summed E-state index contributed by atoms with van der Waals surface area (Å²) < 4.78 is 14.3. The first-order valence-electron chi connectivity index (χ1n) is 6.53. The zero-order valence-corrected chi connectivity index (χ0v) is 12.2. The second-order valence-electron chi connectivity index (χ2n) is 5.33. The molecular formula is C14H20BrFN2. The molecule has 0 bridgehead atoms. The van der Waals surface area contributed by atoms with E-state index in [0.29, 0.717) is 5.92 Å². The summed E-state index contributed by atoms with van der Waals surface area (Å²) in [4.78, 5) is 0. The fourth-order valence-electron chi connectivity index (χ4n) is 2.85. The number of halogens is 2. The summed E-state index contributed by atoms with van der Waals surface area (Å²) in [6.07, 6.45) is 4.77. The molecule has 1 aliphatic rings. The fraction of sp³-hybridized carbons (Fsp3) is 0.571. The molecular weight excluding hydrogens is 295 g/mol. The van der Waals surface area contributed by atoms with E-state index in [-0.39, 0.29) is 11.9 Å². The molecule has 2 nitrogen and oxygen atoms in total. The number of hydrogen-bond donors (Lipinski definition) is 2. The molecule has 0 radical (unpaired) electrons. The molecule has 2 rings (SSSR count). The van der Waals surface area contributed by atoms with Crippen LogP contribution in [0.1, 0.15) is 44.2 Å². The van der Waals surface area contributed by atoms with Crippen LogP contribution in [0.5, 0.6) is 0 Å². The summed E-state index contributed by atoms with van der Waals surface area (Å²) in [7, 11) is 0. The highest BCUT2D eigenvalue weighted by atomic mass is 79.9. The van der Waals surface area contributed by atoms with Gasteiger partial charge in [-0.05, 0) is 48.4 Å². The Morgan fingerprint density at radius 1 is 1.33 bits per heavy atom. The predicted octanol–water partition coefficient (Wildman–Crippen LogP) is 3.92. The summed E-state index contributed by atoms with van der Waals surface area (Å²) in [5, 5.41) is 0. The van der Waals surface area contributed by atoms with E-state index in [0.717, 1.165) is 28.8 Å². The summed E-state index contributed by atoms with van der Waals surface area (Å²) in [6.45, 7) is 2.29. The highest BCUT2D eigenvalue weighted by Gasteiger charge is 2.27. The van der Waals surface area contributed by atoms with E-state index in [4.69, 9.17) is 5.84 Å². The minimum atomic E-state index is -0.211. The van der Waals surface area contributed by atoms with Gasteiger partial charge in [-0.15, -0.1) is 0 Å². The average Bonchev–Trinajstić information content (AvgIpc) is 2.37. The van der Waals surface area contributed by atoms with Crippen LogP contribution in [0.15, 0.2) is 22.7 Å². The summed E-state index contributed by atoms with van der Waals surface area (Å²) in [6, 6.07) is 4.82. The van der Waals surface area contributed by atoms with Crippen molar-refractivity contribution in [2.45, 2.75) is 38.6 Å². The van der Waals surface area contributed by atoms with Crippen molar-refractivity contribution in [1.29, 1.82) is 0 Å². The average molecular weight is 315 g/mol. The van der Waals surface area contributed by atoms with E-state index < -0.39 is 0 Å². The molecule has 0 saturated heterocycles. The monoisotopic (exact) mass is 314 g/mol. The van der Waals surface area contributed by atoms with Crippen molar-refractivity contribution in [1.82, 2.24) is 5.43 Å². The first kappa shape index (κ1) is 14.0. The molecule has 0 aromatic heterocycles. The predicted molar refractivity (Wildman–Crippen MR) is 75.3 cm³/mol. The van der Waals surface area contributed by atoms with E-state index in [1.807, 2.05) is 0 Å². The minimum absolute atomic E-state index is 0.0302. The molecule has 4 heteroatoms. The molecule has 18 heavy (non-hydrogen) atoms. The largest absolute Gasteiger partial charge is 0.271 e. The molecule has 0 aliphatic heterocycles. The van der Waals surface area contributed by atoms with Gasteiger partial charge in [0.25, 0.3) is 0 Å². The van der Waals surface area contributed by atoms with Crippen molar-refractivity contribution in [2.75, 3.05) is 0 Å². The molecule has 3 N–H and O–H groups in total. The third kappa shape index (κ3) is 3.11. The van der Waals surface area contributed by atoms with Crippen molar-refractivity contribution in [3.63, 3.8) is 0 Å². The Labute approximate surface area is 116 Å². The van der Waals surface area contributed by atoms with Crippen LogP contribution in [0.3, 0.4) is 0 Å². The Bertz CT molecular complexity index is 403. The Morgan fingerprint density at radius 3 is 2.61 bits per heavy atom. The molecule has 0 heterocycles. The van der Waals surface area contributed by atoms with Gasteiger partial charge in [-0.1, -0.05) is 35.7 Å². The lowest BCUT2D eigenvalue weighted by Gasteiger charge is -2.33. The van der Waals surface area contributed by atoms with Gasteiger partial charge in [0.2, 0.25) is 0 Å². The SMILES string of the molecule is CC1CCC(C(NN)c2cc(F)ccc2Br)CC1. The van der Waals surface area contributed by atoms with Gasteiger partial charge in [0, 0.05) is 10.5 Å². The lowest BCUT2D eigenvalue weighted by molar-refractivity contribution is 0.231. The Kier molecular flexibility index (Phi) is 4.76. The van der Waals surface area contributed by atoms with Crippen LogP contribution in [0, 0.1) is 17.7 Å². The topological polar surface area (TPSA) is 38.0 Å². The van der Waals surface area contributed by atoms with Gasteiger partial charge < -0.3 is 0 Å². The maximum atomic E-state index is 13.4. The molecule has 1 fully saturated rings. The van der Waals surface area contributed by atoms with Gasteiger partial charge in [0.05, 0.1) is 0 Å². The highest BCUT2D eigenvalue weighted by Crippen LogP contribution is 2.38. The van der Waals surface area contributed by atoms with Crippen molar-refractivity contribution in [2.24, 2.45) is 17.7 Å². The maximum Gasteiger partial charge on any atom is 0.123 e. The van der Waals surface area contributed by atoms with Crippen LogP contribution in [0.4, 0.5) is 4.39 Å². The molecule has 1 aliphatic carbocycles. The van der Waals surface area contributed by atoms with Gasteiger partial charge in [-0.2, -0.15) is 0 Å². The van der Waals surface area contributed by atoms with Crippen LogP contribution in [0.25, 0.3) is 0 Å². The molecule has 1 atom stereocenters. The Hall–Kier alpha value is -0.450. The summed E-state index contributed by atoms with van der Waals surface area (Å²) in [5.41, 5.74) is 3.80. The zero-order chi connectivity index (χ0) is 13.1. The molecule has 1 aromatic carbocycles. The van der Waals surface area contributed by atoms with Crippen LogP contribution < -0.4 is 11.3 Å². The van der Waals surface area contributed by atoms with Crippen LogP contribution in [0.2, 0.25) is 0 Å². The lowest BCUT2D eigenvalue weighted by Crippen LogP contribution is -2.35. The van der Waals surface area contributed by atoms with E-state index in [9.17, 15) is 4.39 Å². The molecule has 0 spiro atoms. The third-order valence-corrected chi connectivity index (χ3v) is 4.73. The van der Waals surface area contributed by atoms with E-state index in [1.54, 1.807) is 12.1 Å². The lowest BCUT2D eigenvalue weighted by atomic mass is 9.77. The van der Waals surface area contributed by atoms with E-state index in [2.05, 4.69) is 28.3 Å². The number of rotatable bonds is 3. The quantitative estimate of drug-likeness (QED) is 0.655. The third-order valence-electron chi connectivity index (χ3n) is 4.00. The normalized spacial score (nSPS) is 26.0. The molecule has 1 saturated carbocycles. The molecule has 1 aromatic rings. The van der Waals surface area contributed by atoms with Crippen molar-refractivity contribution < 1.29 is 4.39 Å². The molecule has 0 amide bonds. The maximum absolute atomic E-state index is 13.4. The van der Waals surface area contributed by atoms with Gasteiger partial charge in [-0.25, -0.2) is 4.39 Å². The van der Waals surface area contributed by atoms with Crippen LogP contribution in [-0.2, 0) is 0 Å². The van der Waals surface area contributed by atoms with Crippen molar-refractivity contribution in [3.05, 3.63) is 34.1 Å². The number of benzene rings is 1. The number of hydrazine groups is 1. The van der Waals surface area contributed by atoms with Gasteiger partial charge in [0.1, 0.15) is 5.82 Å². The second kappa shape index (κ2) is 6.13. The van der Waals surface area contributed by atoms with Crippen LogP contribution >= 0.6 is 15.9 Å². The fourth-order valence-corrected chi connectivity index (χ4v) is 3.35. The molecule has 100 valence electrons. The van der Waals surface area contributed by atoms with E-state index >= 15 is 0 Å². The Morgan fingerprint density at radius 2 is 2.00 bits per heavy atom. The second-order valence-corrected chi connectivity index (χ2v) is 6.18. The number of nitrogens with one attached hydrogen (secondary N) is 1. The van der Waals surface area contributed by atoms with Gasteiger partial charge in [0.15, 0.2) is 0 Å².